The number of nitro benzene ring substituents is 1. The standard InChI is InChI=1S/C16H19N2O3/c1-12(2)11-17-8-6-13(7-9-17)14-4-5-15(18(19)20)16(10-14)21-3/h4-10,12H,11H2,1-3H3/q+1. The van der Waals surface area contributed by atoms with Gasteiger partial charge in [-0.3, -0.25) is 10.1 Å². The third-order valence-corrected chi connectivity index (χ3v) is 3.18. The van der Waals surface area contributed by atoms with Crippen LogP contribution in [0.15, 0.2) is 42.7 Å². The van der Waals surface area contributed by atoms with Gasteiger partial charge in [-0.25, -0.2) is 4.57 Å². The van der Waals surface area contributed by atoms with E-state index in [-0.39, 0.29) is 11.4 Å². The molecule has 110 valence electrons. The maximum Gasteiger partial charge on any atom is 0.310 e. The first kappa shape index (κ1) is 15.0. The highest BCUT2D eigenvalue weighted by atomic mass is 16.6. The van der Waals surface area contributed by atoms with Crippen LogP contribution in [0.2, 0.25) is 0 Å². The van der Waals surface area contributed by atoms with E-state index < -0.39 is 4.92 Å². The molecule has 0 bridgehead atoms. The lowest BCUT2D eigenvalue weighted by Gasteiger charge is -2.06. The first-order chi connectivity index (χ1) is 10.0. The molecule has 0 aliphatic rings. The number of nitro groups is 1. The Morgan fingerprint density at radius 3 is 2.38 bits per heavy atom. The molecule has 0 saturated heterocycles. The van der Waals surface area contributed by atoms with E-state index in [1.54, 1.807) is 12.1 Å². The van der Waals surface area contributed by atoms with Gasteiger partial charge in [0.15, 0.2) is 24.7 Å². The molecular weight excluding hydrogens is 268 g/mol. The number of hydrogen-bond donors (Lipinski definition) is 0. The van der Waals surface area contributed by atoms with Gasteiger partial charge in [0.2, 0.25) is 0 Å². The van der Waals surface area contributed by atoms with E-state index in [1.807, 2.05) is 24.5 Å². The minimum atomic E-state index is -0.440. The van der Waals surface area contributed by atoms with Crippen LogP contribution in [0.25, 0.3) is 11.1 Å². The number of aromatic nitrogens is 1. The number of ether oxygens (including phenoxy) is 1. The van der Waals surface area contributed by atoms with Crippen molar-refractivity contribution < 1.29 is 14.2 Å². The molecule has 0 radical (unpaired) electrons. The SMILES string of the molecule is COc1cc(-c2cc[n+](CC(C)C)cc2)ccc1[N+](=O)[O-]. The average Bonchev–Trinajstić information content (AvgIpc) is 2.46. The average molecular weight is 287 g/mol. The van der Waals surface area contributed by atoms with E-state index in [2.05, 4.69) is 18.4 Å². The molecule has 5 heteroatoms. The third kappa shape index (κ3) is 3.56. The molecule has 0 atom stereocenters. The summed E-state index contributed by atoms with van der Waals surface area (Å²) in [7, 11) is 1.44. The van der Waals surface area contributed by atoms with Crippen LogP contribution in [0, 0.1) is 16.0 Å². The van der Waals surface area contributed by atoms with Crippen molar-refractivity contribution in [2.24, 2.45) is 5.92 Å². The fraction of sp³-hybridized carbons (Fsp3) is 0.312. The molecule has 0 N–H and O–H groups in total. The minimum absolute atomic E-state index is 0.0212. The molecule has 0 aliphatic heterocycles. The lowest BCUT2D eigenvalue weighted by atomic mass is 10.1. The van der Waals surface area contributed by atoms with Crippen LogP contribution >= 0.6 is 0 Å². The Hall–Kier alpha value is -2.43. The molecule has 2 aromatic rings. The van der Waals surface area contributed by atoms with Crippen LogP contribution in [0.1, 0.15) is 13.8 Å². The minimum Gasteiger partial charge on any atom is -0.490 e. The Morgan fingerprint density at radius 1 is 1.19 bits per heavy atom. The van der Waals surface area contributed by atoms with E-state index in [0.29, 0.717) is 5.92 Å². The predicted octanol–water partition coefficient (Wildman–Crippen LogP) is 3.21. The predicted molar refractivity (Wildman–Crippen MR) is 80.1 cm³/mol. The van der Waals surface area contributed by atoms with Crippen LogP contribution in [0.3, 0.4) is 0 Å². The van der Waals surface area contributed by atoms with Gasteiger partial charge >= 0.3 is 5.69 Å². The molecule has 21 heavy (non-hydrogen) atoms. The molecule has 0 amide bonds. The maximum absolute atomic E-state index is 10.9. The van der Waals surface area contributed by atoms with Gasteiger partial charge in [-0.15, -0.1) is 0 Å². The summed E-state index contributed by atoms with van der Waals surface area (Å²) in [5, 5.41) is 10.9. The second-order valence-electron chi connectivity index (χ2n) is 5.32. The zero-order valence-electron chi connectivity index (χ0n) is 12.4. The smallest absolute Gasteiger partial charge is 0.310 e. The number of rotatable bonds is 5. The fourth-order valence-corrected chi connectivity index (χ4v) is 2.20. The van der Waals surface area contributed by atoms with Gasteiger partial charge in [0.25, 0.3) is 0 Å². The quantitative estimate of drug-likeness (QED) is 0.482. The van der Waals surface area contributed by atoms with Gasteiger partial charge in [0.1, 0.15) is 0 Å². The summed E-state index contributed by atoms with van der Waals surface area (Å²) in [5.41, 5.74) is 1.88. The monoisotopic (exact) mass is 287 g/mol. The van der Waals surface area contributed by atoms with Crippen LogP contribution < -0.4 is 9.30 Å². The summed E-state index contributed by atoms with van der Waals surface area (Å²) in [6.45, 7) is 5.30. The summed E-state index contributed by atoms with van der Waals surface area (Å²) in [5.74, 6) is 0.858. The number of pyridine rings is 1. The van der Waals surface area contributed by atoms with E-state index in [1.165, 1.54) is 13.2 Å². The van der Waals surface area contributed by atoms with Gasteiger partial charge < -0.3 is 4.74 Å². The summed E-state index contributed by atoms with van der Waals surface area (Å²) in [6, 6.07) is 8.92. The summed E-state index contributed by atoms with van der Waals surface area (Å²) in [6.07, 6.45) is 4.03. The van der Waals surface area contributed by atoms with Gasteiger partial charge in [0, 0.05) is 24.1 Å². The molecule has 0 saturated carbocycles. The Labute approximate surface area is 124 Å². The molecular formula is C16H19N2O3+. The summed E-state index contributed by atoms with van der Waals surface area (Å²) in [4.78, 5) is 10.5. The summed E-state index contributed by atoms with van der Waals surface area (Å²) < 4.78 is 7.22. The van der Waals surface area contributed by atoms with Crippen LogP contribution in [0.5, 0.6) is 5.75 Å². The molecule has 5 nitrogen and oxygen atoms in total. The van der Waals surface area contributed by atoms with Crippen molar-refractivity contribution in [2.45, 2.75) is 20.4 Å². The Kier molecular flexibility index (Phi) is 4.52. The summed E-state index contributed by atoms with van der Waals surface area (Å²) >= 11 is 0. The van der Waals surface area contributed by atoms with E-state index in [0.717, 1.165) is 17.7 Å². The van der Waals surface area contributed by atoms with Crippen molar-refractivity contribution in [1.29, 1.82) is 0 Å². The van der Waals surface area contributed by atoms with E-state index in [4.69, 9.17) is 4.74 Å². The first-order valence-corrected chi connectivity index (χ1v) is 6.83. The van der Waals surface area contributed by atoms with Crippen molar-refractivity contribution in [3.05, 3.63) is 52.8 Å². The molecule has 2 rings (SSSR count). The van der Waals surface area contributed by atoms with Crippen molar-refractivity contribution in [3.63, 3.8) is 0 Å². The van der Waals surface area contributed by atoms with Crippen molar-refractivity contribution in [2.75, 3.05) is 7.11 Å². The highest BCUT2D eigenvalue weighted by Crippen LogP contribution is 2.31. The second-order valence-corrected chi connectivity index (χ2v) is 5.32. The number of hydrogen-bond acceptors (Lipinski definition) is 3. The molecule has 1 aromatic heterocycles. The lowest BCUT2D eigenvalue weighted by Crippen LogP contribution is -2.35. The van der Waals surface area contributed by atoms with Gasteiger partial charge in [-0.1, -0.05) is 13.8 Å². The van der Waals surface area contributed by atoms with E-state index in [9.17, 15) is 10.1 Å². The molecule has 0 spiro atoms. The van der Waals surface area contributed by atoms with Crippen LogP contribution in [-0.4, -0.2) is 12.0 Å². The van der Waals surface area contributed by atoms with Crippen molar-refractivity contribution >= 4 is 5.69 Å². The Bertz CT molecular complexity index is 636. The van der Waals surface area contributed by atoms with Crippen molar-refractivity contribution in [3.8, 4) is 16.9 Å². The highest BCUT2D eigenvalue weighted by Gasteiger charge is 2.15. The third-order valence-electron chi connectivity index (χ3n) is 3.18. The maximum atomic E-state index is 10.9. The molecule has 0 aliphatic carbocycles. The largest absolute Gasteiger partial charge is 0.490 e. The zero-order chi connectivity index (χ0) is 15.4. The topological polar surface area (TPSA) is 56.2 Å². The second kappa shape index (κ2) is 6.35. The van der Waals surface area contributed by atoms with Gasteiger partial charge in [0.05, 0.1) is 12.0 Å². The van der Waals surface area contributed by atoms with Gasteiger partial charge in [-0.05, 0) is 23.3 Å². The molecule has 0 unspecified atom stereocenters. The highest BCUT2D eigenvalue weighted by molar-refractivity contribution is 5.67. The zero-order valence-corrected chi connectivity index (χ0v) is 12.4. The molecule has 0 fully saturated rings. The van der Waals surface area contributed by atoms with Crippen molar-refractivity contribution in [1.82, 2.24) is 0 Å². The Balaban J connectivity index is 2.31. The first-order valence-electron chi connectivity index (χ1n) is 6.83. The van der Waals surface area contributed by atoms with Gasteiger partial charge in [-0.2, -0.15) is 0 Å². The molecule has 1 aromatic carbocycles. The number of methoxy groups -OCH3 is 1. The fourth-order valence-electron chi connectivity index (χ4n) is 2.20. The number of nitrogens with zero attached hydrogens (tertiary/aromatic N) is 2. The van der Waals surface area contributed by atoms with Crippen LogP contribution in [-0.2, 0) is 6.54 Å². The normalized spacial score (nSPS) is 10.7. The van der Waals surface area contributed by atoms with Crippen LogP contribution in [0.4, 0.5) is 5.69 Å². The lowest BCUT2D eigenvalue weighted by molar-refractivity contribution is -0.702. The Morgan fingerprint density at radius 2 is 1.86 bits per heavy atom. The van der Waals surface area contributed by atoms with E-state index >= 15 is 0 Å². The molecule has 1 heterocycles. The number of benzene rings is 1.